The lowest BCUT2D eigenvalue weighted by atomic mass is 9.92. The van der Waals surface area contributed by atoms with Crippen LogP contribution >= 0.6 is 11.6 Å². The van der Waals surface area contributed by atoms with Crippen molar-refractivity contribution in [1.82, 2.24) is 4.98 Å². The van der Waals surface area contributed by atoms with Crippen molar-refractivity contribution >= 4 is 11.6 Å². The number of benzene rings is 1. The summed E-state index contributed by atoms with van der Waals surface area (Å²) in [4.78, 5) is 3.95. The Bertz CT molecular complexity index is 513. The summed E-state index contributed by atoms with van der Waals surface area (Å²) in [5.74, 6) is -0.109. The van der Waals surface area contributed by atoms with Gasteiger partial charge in [-0.15, -0.1) is 0 Å². The summed E-state index contributed by atoms with van der Waals surface area (Å²) >= 11 is 6.07. The van der Waals surface area contributed by atoms with E-state index in [0.29, 0.717) is 11.6 Å². The summed E-state index contributed by atoms with van der Waals surface area (Å²) in [6, 6.07) is 8.32. The maximum atomic E-state index is 12.9. The van der Waals surface area contributed by atoms with Gasteiger partial charge in [-0.2, -0.15) is 0 Å². The molecule has 2 aromatic rings. The van der Waals surface area contributed by atoms with Crippen LogP contribution in [0.4, 0.5) is 4.39 Å². The van der Waals surface area contributed by atoms with Crippen LogP contribution in [-0.2, 0) is 6.42 Å². The minimum absolute atomic E-state index is 0.130. The first-order chi connectivity index (χ1) is 8.70. The van der Waals surface area contributed by atoms with Crippen molar-refractivity contribution in [3.8, 4) is 0 Å². The predicted molar refractivity (Wildman–Crippen MR) is 71.1 cm³/mol. The van der Waals surface area contributed by atoms with Gasteiger partial charge in [0, 0.05) is 18.3 Å². The maximum absolute atomic E-state index is 12.9. The van der Waals surface area contributed by atoms with Gasteiger partial charge < -0.3 is 5.73 Å². The zero-order valence-electron chi connectivity index (χ0n) is 9.81. The number of hydrogen-bond acceptors (Lipinski definition) is 2. The number of aromatic nitrogens is 1. The fraction of sp³-hybridized carbons (Fsp3) is 0.214. The van der Waals surface area contributed by atoms with Gasteiger partial charge in [-0.1, -0.05) is 23.7 Å². The van der Waals surface area contributed by atoms with Crippen LogP contribution in [-0.4, -0.2) is 11.5 Å². The fourth-order valence-corrected chi connectivity index (χ4v) is 2.10. The first kappa shape index (κ1) is 13.0. The van der Waals surface area contributed by atoms with E-state index in [1.807, 2.05) is 6.07 Å². The minimum atomic E-state index is -0.239. The van der Waals surface area contributed by atoms with Crippen LogP contribution in [0.3, 0.4) is 0 Å². The van der Waals surface area contributed by atoms with Crippen LogP contribution in [0.5, 0.6) is 0 Å². The zero-order chi connectivity index (χ0) is 13.0. The largest absolute Gasteiger partial charge is 0.330 e. The van der Waals surface area contributed by atoms with Crippen molar-refractivity contribution < 1.29 is 4.39 Å². The Morgan fingerprint density at radius 1 is 1.22 bits per heavy atom. The average molecular weight is 265 g/mol. The van der Waals surface area contributed by atoms with Gasteiger partial charge in [0.25, 0.3) is 0 Å². The highest BCUT2D eigenvalue weighted by Crippen LogP contribution is 2.24. The summed E-state index contributed by atoms with van der Waals surface area (Å²) in [7, 11) is 0. The molecule has 4 heteroatoms. The van der Waals surface area contributed by atoms with Crippen LogP contribution in [0.15, 0.2) is 42.7 Å². The number of nitrogens with zero attached hydrogens (tertiary/aromatic N) is 1. The van der Waals surface area contributed by atoms with Crippen LogP contribution in [0.25, 0.3) is 0 Å². The highest BCUT2D eigenvalue weighted by Gasteiger charge is 2.12. The fourth-order valence-electron chi connectivity index (χ4n) is 1.91. The van der Waals surface area contributed by atoms with Crippen LogP contribution in [0.1, 0.15) is 17.0 Å². The van der Waals surface area contributed by atoms with E-state index in [1.165, 1.54) is 12.1 Å². The number of nitrogens with two attached hydrogens (primary N) is 1. The van der Waals surface area contributed by atoms with Gasteiger partial charge in [0.05, 0.1) is 5.02 Å². The SMILES string of the molecule is NCC(Cc1ccncc1Cl)c1ccc(F)cc1. The van der Waals surface area contributed by atoms with Crippen LogP contribution in [0.2, 0.25) is 5.02 Å². The number of pyridine rings is 1. The molecule has 0 bridgehead atoms. The van der Waals surface area contributed by atoms with Crippen molar-refractivity contribution in [2.45, 2.75) is 12.3 Å². The average Bonchev–Trinajstić information content (AvgIpc) is 2.39. The molecule has 1 aromatic heterocycles. The molecule has 0 saturated heterocycles. The molecule has 2 N–H and O–H groups in total. The van der Waals surface area contributed by atoms with Crippen molar-refractivity contribution in [2.75, 3.05) is 6.54 Å². The molecular formula is C14H14ClFN2. The molecule has 18 heavy (non-hydrogen) atoms. The quantitative estimate of drug-likeness (QED) is 0.921. The van der Waals surface area contributed by atoms with Crippen LogP contribution in [0, 0.1) is 5.82 Å². The molecule has 1 atom stereocenters. The molecule has 2 rings (SSSR count). The summed E-state index contributed by atoms with van der Waals surface area (Å²) in [5, 5.41) is 0.637. The molecule has 1 unspecified atom stereocenters. The van der Waals surface area contributed by atoms with E-state index in [1.54, 1.807) is 24.5 Å². The molecule has 94 valence electrons. The van der Waals surface area contributed by atoms with E-state index < -0.39 is 0 Å². The number of hydrogen-bond donors (Lipinski definition) is 1. The van der Waals surface area contributed by atoms with Gasteiger partial charge in [-0.25, -0.2) is 4.39 Å². The van der Waals surface area contributed by atoms with E-state index in [2.05, 4.69) is 4.98 Å². The Balaban J connectivity index is 2.20. The van der Waals surface area contributed by atoms with Gasteiger partial charge in [0.2, 0.25) is 0 Å². The number of rotatable bonds is 4. The van der Waals surface area contributed by atoms with Gasteiger partial charge >= 0.3 is 0 Å². The van der Waals surface area contributed by atoms with Crippen molar-refractivity contribution in [3.63, 3.8) is 0 Å². The zero-order valence-corrected chi connectivity index (χ0v) is 10.6. The van der Waals surface area contributed by atoms with Gasteiger partial charge in [-0.3, -0.25) is 4.98 Å². The van der Waals surface area contributed by atoms with E-state index in [9.17, 15) is 4.39 Å². The van der Waals surface area contributed by atoms with Gasteiger partial charge in [-0.05, 0) is 42.3 Å². The second-order valence-electron chi connectivity index (χ2n) is 4.16. The molecular weight excluding hydrogens is 251 g/mol. The third-order valence-electron chi connectivity index (χ3n) is 2.95. The minimum Gasteiger partial charge on any atom is -0.330 e. The summed E-state index contributed by atoms with van der Waals surface area (Å²) < 4.78 is 12.9. The number of halogens is 2. The molecule has 0 spiro atoms. The Labute approximate surface area is 111 Å². The second-order valence-corrected chi connectivity index (χ2v) is 4.56. The molecule has 0 aliphatic rings. The van der Waals surface area contributed by atoms with E-state index >= 15 is 0 Å². The molecule has 1 aromatic carbocycles. The smallest absolute Gasteiger partial charge is 0.123 e. The lowest BCUT2D eigenvalue weighted by Gasteiger charge is -2.16. The molecule has 0 radical (unpaired) electrons. The Morgan fingerprint density at radius 3 is 2.56 bits per heavy atom. The van der Waals surface area contributed by atoms with Crippen LogP contribution < -0.4 is 5.73 Å². The predicted octanol–water partition coefficient (Wildman–Crippen LogP) is 3.16. The standard InChI is InChI=1S/C14H14ClFN2/c15-14-9-18-6-5-11(14)7-12(8-17)10-1-3-13(16)4-2-10/h1-6,9,12H,7-8,17H2. The molecule has 1 heterocycles. The Morgan fingerprint density at radius 2 is 1.94 bits per heavy atom. The topological polar surface area (TPSA) is 38.9 Å². The third-order valence-corrected chi connectivity index (χ3v) is 3.29. The van der Waals surface area contributed by atoms with Crippen molar-refractivity contribution in [3.05, 3.63) is 64.7 Å². The Hall–Kier alpha value is -1.45. The third kappa shape index (κ3) is 3.06. The van der Waals surface area contributed by atoms with E-state index in [-0.39, 0.29) is 11.7 Å². The molecule has 0 aliphatic heterocycles. The first-order valence-corrected chi connectivity index (χ1v) is 6.12. The molecule has 2 nitrogen and oxygen atoms in total. The monoisotopic (exact) mass is 264 g/mol. The molecule has 0 fully saturated rings. The summed E-state index contributed by atoms with van der Waals surface area (Å²) in [6.07, 6.45) is 4.05. The normalized spacial score (nSPS) is 12.4. The summed E-state index contributed by atoms with van der Waals surface area (Å²) in [5.41, 5.74) is 7.81. The Kier molecular flexibility index (Phi) is 4.28. The lowest BCUT2D eigenvalue weighted by molar-refractivity contribution is 0.623. The van der Waals surface area contributed by atoms with E-state index in [0.717, 1.165) is 17.5 Å². The molecule has 0 amide bonds. The molecule has 0 aliphatic carbocycles. The van der Waals surface area contributed by atoms with E-state index in [4.69, 9.17) is 17.3 Å². The van der Waals surface area contributed by atoms with Gasteiger partial charge in [0.15, 0.2) is 0 Å². The van der Waals surface area contributed by atoms with Crippen molar-refractivity contribution in [1.29, 1.82) is 0 Å². The highest BCUT2D eigenvalue weighted by molar-refractivity contribution is 6.31. The second kappa shape index (κ2) is 5.94. The van der Waals surface area contributed by atoms with Gasteiger partial charge in [0.1, 0.15) is 5.82 Å². The lowest BCUT2D eigenvalue weighted by Crippen LogP contribution is -2.15. The summed E-state index contributed by atoms with van der Waals surface area (Å²) in [6.45, 7) is 0.490. The molecule has 0 saturated carbocycles. The maximum Gasteiger partial charge on any atom is 0.123 e. The highest BCUT2D eigenvalue weighted by atomic mass is 35.5. The first-order valence-electron chi connectivity index (χ1n) is 5.74. The van der Waals surface area contributed by atoms with Crippen molar-refractivity contribution in [2.24, 2.45) is 5.73 Å².